The summed E-state index contributed by atoms with van der Waals surface area (Å²) in [5, 5.41) is 17.4. The molecule has 0 radical (unpaired) electrons. The molecule has 0 spiro atoms. The summed E-state index contributed by atoms with van der Waals surface area (Å²) in [5.74, 6) is 0.0720. The molecule has 1 rings (SSSR count). The van der Waals surface area contributed by atoms with Gasteiger partial charge in [0.15, 0.2) is 0 Å². The SMILES string of the molecule is Cc1cc(C)c(NCC(O)CCl)c(S(N)(=O)=O)c1. The lowest BCUT2D eigenvalue weighted by Crippen LogP contribution is -2.23. The van der Waals surface area contributed by atoms with Crippen molar-refractivity contribution in [1.29, 1.82) is 0 Å². The van der Waals surface area contributed by atoms with Crippen molar-refractivity contribution >= 4 is 27.3 Å². The fourth-order valence-corrected chi connectivity index (χ4v) is 2.63. The summed E-state index contributed by atoms with van der Waals surface area (Å²) in [4.78, 5) is 0.0294. The predicted molar refractivity (Wildman–Crippen MR) is 72.5 cm³/mol. The van der Waals surface area contributed by atoms with Crippen molar-refractivity contribution in [3.05, 3.63) is 23.3 Å². The minimum absolute atomic E-state index is 0.0294. The number of benzene rings is 1. The Labute approximate surface area is 112 Å². The van der Waals surface area contributed by atoms with Gasteiger partial charge >= 0.3 is 0 Å². The van der Waals surface area contributed by atoms with Crippen LogP contribution in [-0.4, -0.2) is 32.1 Å². The molecule has 0 saturated heterocycles. The third-order valence-electron chi connectivity index (χ3n) is 2.44. The Morgan fingerprint density at radius 1 is 1.44 bits per heavy atom. The fourth-order valence-electron chi connectivity index (χ4n) is 1.65. The highest BCUT2D eigenvalue weighted by molar-refractivity contribution is 7.89. The quantitative estimate of drug-likeness (QED) is 0.705. The number of halogens is 1. The van der Waals surface area contributed by atoms with Crippen molar-refractivity contribution in [3.8, 4) is 0 Å². The first-order valence-corrected chi connectivity index (χ1v) is 7.45. The molecule has 4 N–H and O–H groups in total. The van der Waals surface area contributed by atoms with Gasteiger partial charge in [0.2, 0.25) is 10.0 Å². The van der Waals surface area contributed by atoms with Gasteiger partial charge in [0, 0.05) is 6.54 Å². The average molecular weight is 293 g/mol. The molecule has 0 heterocycles. The number of hydrogen-bond acceptors (Lipinski definition) is 4. The van der Waals surface area contributed by atoms with Crippen LogP contribution in [0.2, 0.25) is 0 Å². The molecule has 18 heavy (non-hydrogen) atoms. The number of rotatable bonds is 5. The Balaban J connectivity index is 3.17. The third kappa shape index (κ3) is 3.84. The third-order valence-corrected chi connectivity index (χ3v) is 3.73. The molecule has 5 nitrogen and oxygen atoms in total. The first-order chi connectivity index (χ1) is 8.25. The number of nitrogens with two attached hydrogens (primary N) is 1. The number of aliphatic hydroxyl groups is 1. The maximum absolute atomic E-state index is 11.5. The van der Waals surface area contributed by atoms with Gasteiger partial charge in [-0.2, -0.15) is 0 Å². The molecule has 102 valence electrons. The van der Waals surface area contributed by atoms with Gasteiger partial charge in [0.05, 0.1) is 17.7 Å². The first kappa shape index (κ1) is 15.2. The highest BCUT2D eigenvalue weighted by Gasteiger charge is 2.17. The second kappa shape index (κ2) is 5.88. The highest BCUT2D eigenvalue weighted by Crippen LogP contribution is 2.26. The molecule has 0 fully saturated rings. The zero-order valence-corrected chi connectivity index (χ0v) is 11.8. The summed E-state index contributed by atoms with van der Waals surface area (Å²) < 4.78 is 23.0. The number of primary sulfonamides is 1. The van der Waals surface area contributed by atoms with E-state index in [-0.39, 0.29) is 17.3 Å². The number of hydrogen-bond donors (Lipinski definition) is 3. The van der Waals surface area contributed by atoms with Crippen LogP contribution in [0.1, 0.15) is 11.1 Å². The number of sulfonamides is 1. The van der Waals surface area contributed by atoms with Crippen molar-refractivity contribution < 1.29 is 13.5 Å². The fraction of sp³-hybridized carbons (Fsp3) is 0.455. The van der Waals surface area contributed by atoms with Crippen molar-refractivity contribution in [1.82, 2.24) is 0 Å². The molecule has 7 heteroatoms. The number of aliphatic hydroxyl groups excluding tert-OH is 1. The van der Waals surface area contributed by atoms with Gasteiger partial charge < -0.3 is 10.4 Å². The lowest BCUT2D eigenvalue weighted by Gasteiger charge is -2.16. The van der Waals surface area contributed by atoms with E-state index in [0.29, 0.717) is 5.69 Å². The lowest BCUT2D eigenvalue weighted by atomic mass is 10.1. The smallest absolute Gasteiger partial charge is 0.240 e. The molecule has 0 amide bonds. The number of alkyl halides is 1. The highest BCUT2D eigenvalue weighted by atomic mass is 35.5. The van der Waals surface area contributed by atoms with Crippen LogP contribution in [0.15, 0.2) is 17.0 Å². The zero-order chi connectivity index (χ0) is 13.9. The van der Waals surface area contributed by atoms with Crippen LogP contribution in [0.25, 0.3) is 0 Å². The second-order valence-electron chi connectivity index (χ2n) is 4.19. The molecular weight excluding hydrogens is 276 g/mol. The van der Waals surface area contributed by atoms with E-state index < -0.39 is 16.1 Å². The minimum Gasteiger partial charge on any atom is -0.390 e. The van der Waals surface area contributed by atoms with E-state index in [0.717, 1.165) is 11.1 Å². The summed E-state index contributed by atoms with van der Waals surface area (Å²) in [6, 6.07) is 3.34. The maximum atomic E-state index is 11.5. The molecule has 0 bridgehead atoms. The Kier molecular flexibility index (Phi) is 4.98. The zero-order valence-electron chi connectivity index (χ0n) is 10.3. The van der Waals surface area contributed by atoms with E-state index in [1.807, 2.05) is 6.07 Å². The molecule has 0 saturated carbocycles. The van der Waals surface area contributed by atoms with Gasteiger partial charge in [-0.3, -0.25) is 0 Å². The first-order valence-electron chi connectivity index (χ1n) is 5.37. The Bertz CT molecular complexity index is 531. The van der Waals surface area contributed by atoms with E-state index in [4.69, 9.17) is 16.7 Å². The molecule has 0 aliphatic heterocycles. The van der Waals surface area contributed by atoms with Crippen LogP contribution < -0.4 is 10.5 Å². The number of anilines is 1. The van der Waals surface area contributed by atoms with Crippen LogP contribution in [0, 0.1) is 13.8 Å². The van der Waals surface area contributed by atoms with E-state index in [2.05, 4.69) is 5.32 Å². The van der Waals surface area contributed by atoms with E-state index in [1.54, 1.807) is 13.8 Å². The topological polar surface area (TPSA) is 92.4 Å². The van der Waals surface area contributed by atoms with Crippen molar-refractivity contribution in [2.75, 3.05) is 17.7 Å². The lowest BCUT2D eigenvalue weighted by molar-refractivity contribution is 0.211. The second-order valence-corrected chi connectivity index (χ2v) is 6.03. The summed E-state index contributed by atoms with van der Waals surface area (Å²) in [6.45, 7) is 3.73. The van der Waals surface area contributed by atoms with Crippen LogP contribution in [-0.2, 0) is 10.0 Å². The Hall–Kier alpha value is -0.820. The monoisotopic (exact) mass is 292 g/mol. The van der Waals surface area contributed by atoms with Gasteiger partial charge in [-0.1, -0.05) is 6.07 Å². The summed E-state index contributed by atoms with van der Waals surface area (Å²) >= 11 is 5.48. The number of aryl methyl sites for hydroxylation is 2. The summed E-state index contributed by atoms with van der Waals surface area (Å²) in [6.07, 6.45) is -0.749. The Morgan fingerprint density at radius 2 is 2.06 bits per heavy atom. The molecule has 0 aliphatic carbocycles. The van der Waals surface area contributed by atoms with Crippen LogP contribution in [0.5, 0.6) is 0 Å². The average Bonchev–Trinajstić information content (AvgIpc) is 2.25. The van der Waals surface area contributed by atoms with Gasteiger partial charge in [-0.25, -0.2) is 13.6 Å². The van der Waals surface area contributed by atoms with Crippen LogP contribution in [0.3, 0.4) is 0 Å². The number of nitrogens with one attached hydrogen (secondary N) is 1. The van der Waals surface area contributed by atoms with Crippen LogP contribution >= 0.6 is 11.6 Å². The molecule has 0 aliphatic rings. The van der Waals surface area contributed by atoms with Gasteiger partial charge in [-0.15, -0.1) is 11.6 Å². The molecule has 1 atom stereocenters. The van der Waals surface area contributed by atoms with Crippen molar-refractivity contribution in [2.24, 2.45) is 5.14 Å². The minimum atomic E-state index is -3.81. The largest absolute Gasteiger partial charge is 0.390 e. The van der Waals surface area contributed by atoms with E-state index >= 15 is 0 Å². The van der Waals surface area contributed by atoms with Gasteiger partial charge in [-0.05, 0) is 31.0 Å². The van der Waals surface area contributed by atoms with E-state index in [1.165, 1.54) is 6.07 Å². The normalized spacial score (nSPS) is 13.4. The van der Waals surface area contributed by atoms with Crippen molar-refractivity contribution in [2.45, 2.75) is 24.8 Å². The van der Waals surface area contributed by atoms with Crippen molar-refractivity contribution in [3.63, 3.8) is 0 Å². The Morgan fingerprint density at radius 3 is 2.56 bits per heavy atom. The van der Waals surface area contributed by atoms with Gasteiger partial charge in [0.25, 0.3) is 0 Å². The molecule has 1 unspecified atom stereocenters. The standard InChI is InChI=1S/C11H17ClN2O3S/c1-7-3-8(2)11(14-6-9(15)5-12)10(4-7)18(13,16)17/h3-4,9,14-15H,5-6H2,1-2H3,(H2,13,16,17). The molecular formula is C11H17ClN2O3S. The predicted octanol–water partition coefficient (Wildman–Crippen LogP) is 0.962. The molecule has 1 aromatic rings. The maximum Gasteiger partial charge on any atom is 0.240 e. The molecule has 0 aromatic heterocycles. The summed E-state index contributed by atoms with van der Waals surface area (Å²) in [7, 11) is -3.81. The van der Waals surface area contributed by atoms with Gasteiger partial charge in [0.1, 0.15) is 4.90 Å². The molecule has 1 aromatic carbocycles. The van der Waals surface area contributed by atoms with E-state index in [9.17, 15) is 13.5 Å². The summed E-state index contributed by atoms with van der Waals surface area (Å²) in [5.41, 5.74) is 1.97. The van der Waals surface area contributed by atoms with Crippen LogP contribution in [0.4, 0.5) is 5.69 Å².